The van der Waals surface area contributed by atoms with Gasteiger partial charge in [-0.15, -0.1) is 0 Å². The van der Waals surface area contributed by atoms with Crippen LogP contribution in [0.4, 0.5) is 15.9 Å². The Hall–Kier alpha value is -4.08. The number of nitrogens with one attached hydrogen (secondary N) is 3. The standard InChI is InChI=1S/C29H28ClFN6O2/c30-21-6-7-24(31)22(14-21)27-34-17-26(39-18-20-4-2-1-3-5-20)28(37-27)36-25-10-13-33-16-23(25)29(38)35-15-19-8-11-32-12-9-19/h1-7,10,13-14,16-17,19,32H,8-9,11-12,15,18H2,(H,35,38)(H,33,34,36,37). The summed E-state index contributed by atoms with van der Waals surface area (Å²) < 4.78 is 20.7. The van der Waals surface area contributed by atoms with Gasteiger partial charge >= 0.3 is 0 Å². The van der Waals surface area contributed by atoms with E-state index in [2.05, 4.69) is 30.9 Å². The van der Waals surface area contributed by atoms with Crippen molar-refractivity contribution in [2.45, 2.75) is 19.4 Å². The summed E-state index contributed by atoms with van der Waals surface area (Å²) >= 11 is 6.11. The molecular weight excluding hydrogens is 519 g/mol. The molecule has 5 rings (SSSR count). The zero-order chi connectivity index (χ0) is 27.0. The Kier molecular flexibility index (Phi) is 8.60. The number of aromatic nitrogens is 3. The van der Waals surface area contributed by atoms with Gasteiger partial charge in [0.05, 0.1) is 23.0 Å². The molecule has 3 N–H and O–H groups in total. The van der Waals surface area contributed by atoms with Crippen LogP contribution >= 0.6 is 11.6 Å². The van der Waals surface area contributed by atoms with E-state index in [0.717, 1.165) is 31.5 Å². The molecule has 2 aromatic carbocycles. The van der Waals surface area contributed by atoms with Crippen LogP contribution in [0.15, 0.2) is 73.2 Å². The maximum atomic E-state index is 14.6. The van der Waals surface area contributed by atoms with Crippen LogP contribution in [0.2, 0.25) is 5.02 Å². The lowest BCUT2D eigenvalue weighted by molar-refractivity contribution is 0.0944. The number of ether oxygens (including phenoxy) is 1. The molecule has 1 aliphatic rings. The Morgan fingerprint density at radius 2 is 1.92 bits per heavy atom. The van der Waals surface area contributed by atoms with Gasteiger partial charge in [0, 0.05) is 24.0 Å². The summed E-state index contributed by atoms with van der Waals surface area (Å²) in [5.41, 5.74) is 1.94. The summed E-state index contributed by atoms with van der Waals surface area (Å²) in [6, 6.07) is 15.5. The second-order valence-corrected chi connectivity index (χ2v) is 9.69. The molecule has 4 aromatic rings. The van der Waals surface area contributed by atoms with Crippen LogP contribution in [0.3, 0.4) is 0 Å². The number of rotatable bonds is 9. The van der Waals surface area contributed by atoms with E-state index in [1.54, 1.807) is 12.3 Å². The molecule has 0 unspecified atom stereocenters. The molecule has 10 heteroatoms. The zero-order valence-electron chi connectivity index (χ0n) is 21.2. The zero-order valence-corrected chi connectivity index (χ0v) is 21.9. The molecule has 1 amide bonds. The molecule has 39 heavy (non-hydrogen) atoms. The molecule has 0 bridgehead atoms. The number of halogens is 2. The van der Waals surface area contributed by atoms with Crippen molar-refractivity contribution >= 4 is 29.0 Å². The highest BCUT2D eigenvalue weighted by Gasteiger charge is 2.19. The fourth-order valence-corrected chi connectivity index (χ4v) is 4.50. The first-order valence-electron chi connectivity index (χ1n) is 12.8. The Morgan fingerprint density at radius 1 is 1.10 bits per heavy atom. The van der Waals surface area contributed by atoms with Crippen molar-refractivity contribution in [2.75, 3.05) is 25.0 Å². The minimum atomic E-state index is -0.509. The molecule has 3 heterocycles. The lowest BCUT2D eigenvalue weighted by atomic mass is 9.98. The number of amides is 1. The molecule has 0 saturated carbocycles. The van der Waals surface area contributed by atoms with E-state index in [1.165, 1.54) is 30.6 Å². The lowest BCUT2D eigenvalue weighted by Crippen LogP contribution is -2.36. The van der Waals surface area contributed by atoms with Crippen LogP contribution in [0, 0.1) is 11.7 Å². The molecule has 0 spiro atoms. The van der Waals surface area contributed by atoms with Crippen LogP contribution < -0.4 is 20.7 Å². The molecule has 1 saturated heterocycles. The summed E-state index contributed by atoms with van der Waals surface area (Å²) in [6.45, 7) is 2.76. The molecule has 0 atom stereocenters. The number of benzene rings is 2. The van der Waals surface area contributed by atoms with E-state index in [4.69, 9.17) is 16.3 Å². The van der Waals surface area contributed by atoms with Gasteiger partial charge in [-0.25, -0.2) is 14.4 Å². The van der Waals surface area contributed by atoms with Crippen LogP contribution in [0.5, 0.6) is 5.75 Å². The predicted molar refractivity (Wildman–Crippen MR) is 149 cm³/mol. The normalized spacial score (nSPS) is 13.6. The van der Waals surface area contributed by atoms with Crippen molar-refractivity contribution in [2.24, 2.45) is 5.92 Å². The van der Waals surface area contributed by atoms with Gasteiger partial charge in [0.15, 0.2) is 17.4 Å². The summed E-state index contributed by atoms with van der Waals surface area (Å²) in [5.74, 6) is 0.405. The fraction of sp³-hybridized carbons (Fsp3) is 0.241. The number of nitrogens with zero attached hydrogens (tertiary/aromatic N) is 3. The van der Waals surface area contributed by atoms with Gasteiger partial charge < -0.3 is 20.7 Å². The SMILES string of the molecule is O=C(NCC1CCNCC1)c1cnccc1Nc1nc(-c2cc(Cl)ccc2F)ncc1OCc1ccccc1. The van der Waals surface area contributed by atoms with Crippen molar-refractivity contribution in [3.63, 3.8) is 0 Å². The molecule has 2 aromatic heterocycles. The Morgan fingerprint density at radius 3 is 2.74 bits per heavy atom. The Balaban J connectivity index is 1.43. The maximum absolute atomic E-state index is 14.6. The van der Waals surface area contributed by atoms with E-state index in [0.29, 0.717) is 34.5 Å². The van der Waals surface area contributed by atoms with E-state index >= 15 is 0 Å². The van der Waals surface area contributed by atoms with Crippen LogP contribution in [-0.2, 0) is 6.61 Å². The van der Waals surface area contributed by atoms with Gasteiger partial charge in [-0.05, 0) is 61.7 Å². The highest BCUT2D eigenvalue weighted by Crippen LogP contribution is 2.31. The smallest absolute Gasteiger partial charge is 0.254 e. The van der Waals surface area contributed by atoms with Gasteiger partial charge in [-0.1, -0.05) is 41.9 Å². The number of anilines is 2. The van der Waals surface area contributed by atoms with E-state index in [9.17, 15) is 9.18 Å². The summed E-state index contributed by atoms with van der Waals surface area (Å²) in [5, 5.41) is 9.92. The third-order valence-corrected chi connectivity index (χ3v) is 6.73. The average molecular weight is 547 g/mol. The Labute approximate surface area is 231 Å². The van der Waals surface area contributed by atoms with Crippen molar-refractivity contribution < 1.29 is 13.9 Å². The summed E-state index contributed by atoms with van der Waals surface area (Å²) in [7, 11) is 0. The van der Waals surface area contributed by atoms with Crippen molar-refractivity contribution in [1.29, 1.82) is 0 Å². The van der Waals surface area contributed by atoms with E-state index in [1.807, 2.05) is 30.3 Å². The first-order valence-corrected chi connectivity index (χ1v) is 13.1. The fourth-order valence-electron chi connectivity index (χ4n) is 4.33. The predicted octanol–water partition coefficient (Wildman–Crippen LogP) is 5.38. The maximum Gasteiger partial charge on any atom is 0.254 e. The monoisotopic (exact) mass is 546 g/mol. The minimum absolute atomic E-state index is 0.121. The summed E-state index contributed by atoms with van der Waals surface area (Å²) in [4.78, 5) is 26.2. The highest BCUT2D eigenvalue weighted by molar-refractivity contribution is 6.30. The van der Waals surface area contributed by atoms with Crippen molar-refractivity contribution in [1.82, 2.24) is 25.6 Å². The highest BCUT2D eigenvalue weighted by atomic mass is 35.5. The van der Waals surface area contributed by atoms with E-state index < -0.39 is 5.82 Å². The topological polar surface area (TPSA) is 101 Å². The molecule has 1 fully saturated rings. The Bertz CT molecular complexity index is 1430. The average Bonchev–Trinajstić information content (AvgIpc) is 2.98. The number of hydrogen-bond acceptors (Lipinski definition) is 7. The van der Waals surface area contributed by atoms with Crippen molar-refractivity contribution in [3.05, 3.63) is 95.2 Å². The number of hydrogen-bond donors (Lipinski definition) is 3. The van der Waals surface area contributed by atoms with E-state index in [-0.39, 0.29) is 29.7 Å². The van der Waals surface area contributed by atoms with Gasteiger partial charge in [0.2, 0.25) is 0 Å². The number of carbonyl (C=O) groups is 1. The minimum Gasteiger partial charge on any atom is -0.483 e. The number of carbonyl (C=O) groups excluding carboxylic acids is 1. The number of piperidine rings is 1. The lowest BCUT2D eigenvalue weighted by Gasteiger charge is -2.23. The van der Waals surface area contributed by atoms with Gasteiger partial charge in [-0.3, -0.25) is 9.78 Å². The molecule has 0 radical (unpaired) electrons. The quantitative estimate of drug-likeness (QED) is 0.259. The van der Waals surface area contributed by atoms with Crippen LogP contribution in [-0.4, -0.2) is 40.5 Å². The molecule has 200 valence electrons. The molecule has 0 aliphatic carbocycles. The third kappa shape index (κ3) is 6.87. The second kappa shape index (κ2) is 12.6. The van der Waals surface area contributed by atoms with Gasteiger partial charge in [0.25, 0.3) is 5.91 Å². The van der Waals surface area contributed by atoms with Crippen LogP contribution in [0.1, 0.15) is 28.8 Å². The molecule has 1 aliphatic heterocycles. The second-order valence-electron chi connectivity index (χ2n) is 9.25. The first kappa shape index (κ1) is 26.5. The molecular formula is C29H28ClFN6O2. The van der Waals surface area contributed by atoms with Gasteiger partial charge in [-0.2, -0.15) is 0 Å². The third-order valence-electron chi connectivity index (χ3n) is 6.49. The first-order chi connectivity index (χ1) is 19.1. The van der Waals surface area contributed by atoms with Crippen molar-refractivity contribution in [3.8, 4) is 17.1 Å². The van der Waals surface area contributed by atoms with Crippen LogP contribution in [0.25, 0.3) is 11.4 Å². The largest absolute Gasteiger partial charge is 0.483 e. The van der Waals surface area contributed by atoms with Gasteiger partial charge in [0.1, 0.15) is 12.4 Å². The number of pyridine rings is 1. The summed E-state index contributed by atoms with van der Waals surface area (Å²) in [6.07, 6.45) is 6.60. The molecule has 8 nitrogen and oxygen atoms in total.